The van der Waals surface area contributed by atoms with Gasteiger partial charge in [-0.1, -0.05) is 12.1 Å². The van der Waals surface area contributed by atoms with Crippen molar-refractivity contribution in [2.24, 2.45) is 0 Å². The van der Waals surface area contributed by atoms with Gasteiger partial charge < -0.3 is 29.0 Å². The largest absolute Gasteiger partial charge is 0.486 e. The third-order valence-electron chi connectivity index (χ3n) is 3.81. The van der Waals surface area contributed by atoms with Crippen molar-refractivity contribution in [1.82, 2.24) is 5.32 Å². The predicted molar refractivity (Wildman–Crippen MR) is 87.4 cm³/mol. The van der Waals surface area contributed by atoms with Crippen LogP contribution < -0.4 is 29.0 Å². The first-order valence-corrected chi connectivity index (χ1v) is 7.95. The van der Waals surface area contributed by atoms with Gasteiger partial charge in [-0.15, -0.1) is 0 Å². The Labute approximate surface area is 144 Å². The van der Waals surface area contributed by atoms with Gasteiger partial charge in [-0.05, 0) is 24.3 Å². The molecule has 0 aliphatic carbocycles. The van der Waals surface area contributed by atoms with Crippen molar-refractivity contribution in [3.05, 3.63) is 42.5 Å². The maximum Gasteiger partial charge on any atom is 0.258 e. The summed E-state index contributed by atoms with van der Waals surface area (Å²) in [5.41, 5.74) is 0. The second kappa shape index (κ2) is 6.80. The molecule has 0 saturated heterocycles. The Balaban J connectivity index is 1.23. The minimum Gasteiger partial charge on any atom is -0.486 e. The van der Waals surface area contributed by atoms with Gasteiger partial charge in [-0.2, -0.15) is 0 Å². The maximum absolute atomic E-state index is 11.9. The monoisotopic (exact) mass is 343 g/mol. The highest BCUT2D eigenvalue weighted by molar-refractivity contribution is 5.77. The zero-order valence-corrected chi connectivity index (χ0v) is 13.4. The Morgan fingerprint density at radius 1 is 1.04 bits per heavy atom. The number of amides is 1. The molecule has 0 fully saturated rings. The van der Waals surface area contributed by atoms with Crippen molar-refractivity contribution in [1.29, 1.82) is 0 Å². The molecule has 0 unspecified atom stereocenters. The number of fused-ring (bicyclic) bond motifs is 2. The summed E-state index contributed by atoms with van der Waals surface area (Å²) in [6, 6.07) is 12.6. The van der Waals surface area contributed by atoms with Gasteiger partial charge in [0, 0.05) is 6.07 Å². The minimum atomic E-state index is -0.236. The maximum atomic E-state index is 11.9. The molecule has 2 aromatic carbocycles. The number of nitrogens with one attached hydrogen (secondary N) is 1. The lowest BCUT2D eigenvalue weighted by atomic mass is 10.2. The van der Waals surface area contributed by atoms with E-state index in [-0.39, 0.29) is 25.4 Å². The molecule has 7 heteroatoms. The molecule has 2 aliphatic heterocycles. The Morgan fingerprint density at radius 3 is 2.76 bits per heavy atom. The zero-order chi connectivity index (χ0) is 17.1. The summed E-state index contributed by atoms with van der Waals surface area (Å²) in [4.78, 5) is 11.9. The predicted octanol–water partition coefficient (Wildman–Crippen LogP) is 1.75. The van der Waals surface area contributed by atoms with Crippen LogP contribution >= 0.6 is 0 Å². The summed E-state index contributed by atoms with van der Waals surface area (Å²) in [5, 5.41) is 2.78. The molecule has 0 aromatic heterocycles. The van der Waals surface area contributed by atoms with Gasteiger partial charge in [0.1, 0.15) is 18.5 Å². The lowest BCUT2D eigenvalue weighted by Crippen LogP contribution is -2.42. The standard InChI is InChI=1S/C18H17NO6/c20-18(10-21-12-5-6-15-17(7-12)24-11-23-15)19-8-13-9-22-14-3-1-2-4-16(14)25-13/h1-7,13H,8-11H2,(H,19,20)/t13-/m1/s1. The van der Waals surface area contributed by atoms with Crippen molar-refractivity contribution in [2.45, 2.75) is 6.10 Å². The quantitative estimate of drug-likeness (QED) is 0.891. The fraction of sp³-hybridized carbons (Fsp3) is 0.278. The second-order valence-corrected chi connectivity index (χ2v) is 5.61. The molecular formula is C18H17NO6. The van der Waals surface area contributed by atoms with E-state index in [4.69, 9.17) is 23.7 Å². The molecule has 0 bridgehead atoms. The van der Waals surface area contributed by atoms with Crippen molar-refractivity contribution < 1.29 is 28.5 Å². The van der Waals surface area contributed by atoms with Crippen LogP contribution in [0, 0.1) is 0 Å². The Hall–Kier alpha value is -3.09. The van der Waals surface area contributed by atoms with Gasteiger partial charge in [-0.25, -0.2) is 0 Å². The molecule has 2 heterocycles. The van der Waals surface area contributed by atoms with Gasteiger partial charge in [-0.3, -0.25) is 4.79 Å². The van der Waals surface area contributed by atoms with E-state index < -0.39 is 0 Å². The number of para-hydroxylation sites is 2. The van der Waals surface area contributed by atoms with Gasteiger partial charge in [0.25, 0.3) is 5.91 Å². The Bertz CT molecular complexity index is 778. The lowest BCUT2D eigenvalue weighted by molar-refractivity contribution is -0.123. The third kappa shape index (κ3) is 3.55. The van der Waals surface area contributed by atoms with E-state index in [0.29, 0.717) is 36.1 Å². The van der Waals surface area contributed by atoms with Crippen LogP contribution in [-0.2, 0) is 4.79 Å². The third-order valence-corrected chi connectivity index (χ3v) is 3.81. The van der Waals surface area contributed by atoms with Crippen LogP contribution in [0.25, 0.3) is 0 Å². The summed E-state index contributed by atoms with van der Waals surface area (Å²) in [6.07, 6.45) is -0.232. The van der Waals surface area contributed by atoms with Gasteiger partial charge in [0.05, 0.1) is 6.54 Å². The first-order valence-electron chi connectivity index (χ1n) is 7.95. The van der Waals surface area contributed by atoms with Crippen molar-refractivity contribution in [3.8, 4) is 28.7 Å². The van der Waals surface area contributed by atoms with Crippen molar-refractivity contribution >= 4 is 5.91 Å². The molecule has 0 spiro atoms. The zero-order valence-electron chi connectivity index (χ0n) is 13.4. The highest BCUT2D eigenvalue weighted by Gasteiger charge is 2.21. The van der Waals surface area contributed by atoms with Crippen LogP contribution in [0.5, 0.6) is 28.7 Å². The summed E-state index contributed by atoms with van der Waals surface area (Å²) in [6.45, 7) is 0.841. The Morgan fingerprint density at radius 2 is 1.84 bits per heavy atom. The smallest absolute Gasteiger partial charge is 0.258 e. The minimum absolute atomic E-state index is 0.0934. The molecule has 1 atom stereocenters. The first-order chi connectivity index (χ1) is 12.3. The molecule has 0 saturated carbocycles. The lowest BCUT2D eigenvalue weighted by Gasteiger charge is -2.26. The number of benzene rings is 2. The number of hydrogen-bond acceptors (Lipinski definition) is 6. The first kappa shape index (κ1) is 15.4. The molecular weight excluding hydrogens is 326 g/mol. The highest BCUT2D eigenvalue weighted by Crippen LogP contribution is 2.35. The molecule has 130 valence electrons. The fourth-order valence-corrected chi connectivity index (χ4v) is 2.56. The Kier molecular flexibility index (Phi) is 4.20. The van der Waals surface area contributed by atoms with Gasteiger partial charge >= 0.3 is 0 Å². The number of carbonyl (C=O) groups is 1. The highest BCUT2D eigenvalue weighted by atomic mass is 16.7. The summed E-state index contributed by atoms with van der Waals surface area (Å²) < 4.78 is 27.4. The molecule has 0 radical (unpaired) electrons. The van der Waals surface area contributed by atoms with E-state index in [0.717, 1.165) is 5.75 Å². The summed E-state index contributed by atoms with van der Waals surface area (Å²) in [5.74, 6) is 3.00. The van der Waals surface area contributed by atoms with E-state index in [2.05, 4.69) is 5.32 Å². The fourth-order valence-electron chi connectivity index (χ4n) is 2.56. The molecule has 7 nitrogen and oxygen atoms in total. The van der Waals surface area contributed by atoms with Crippen LogP contribution in [0.2, 0.25) is 0 Å². The number of carbonyl (C=O) groups excluding carboxylic acids is 1. The second-order valence-electron chi connectivity index (χ2n) is 5.61. The van der Waals surface area contributed by atoms with Gasteiger partial charge in [0.15, 0.2) is 29.6 Å². The SMILES string of the molecule is O=C(COc1ccc2c(c1)OCO2)NC[C@@H]1COc2ccccc2O1. The van der Waals surface area contributed by atoms with Crippen LogP contribution in [-0.4, -0.2) is 38.6 Å². The van der Waals surface area contributed by atoms with Crippen LogP contribution in [0.15, 0.2) is 42.5 Å². The number of ether oxygens (including phenoxy) is 5. The normalized spacial score (nSPS) is 17.0. The van der Waals surface area contributed by atoms with E-state index in [1.165, 1.54) is 0 Å². The van der Waals surface area contributed by atoms with E-state index in [1.807, 2.05) is 24.3 Å². The molecule has 1 N–H and O–H groups in total. The van der Waals surface area contributed by atoms with E-state index >= 15 is 0 Å². The van der Waals surface area contributed by atoms with Crippen molar-refractivity contribution in [2.75, 3.05) is 26.6 Å². The number of rotatable bonds is 5. The summed E-state index contributed by atoms with van der Waals surface area (Å²) >= 11 is 0. The number of hydrogen-bond donors (Lipinski definition) is 1. The average molecular weight is 343 g/mol. The molecule has 2 aromatic rings. The molecule has 1 amide bonds. The van der Waals surface area contributed by atoms with E-state index in [9.17, 15) is 4.79 Å². The molecule has 25 heavy (non-hydrogen) atoms. The van der Waals surface area contributed by atoms with Crippen LogP contribution in [0.4, 0.5) is 0 Å². The molecule has 4 rings (SSSR count). The average Bonchev–Trinajstić information content (AvgIpc) is 3.12. The van der Waals surface area contributed by atoms with Crippen LogP contribution in [0.1, 0.15) is 0 Å². The molecule has 2 aliphatic rings. The van der Waals surface area contributed by atoms with Gasteiger partial charge in [0.2, 0.25) is 6.79 Å². The summed E-state index contributed by atoms with van der Waals surface area (Å²) in [7, 11) is 0. The van der Waals surface area contributed by atoms with Crippen LogP contribution in [0.3, 0.4) is 0 Å². The van der Waals surface area contributed by atoms with E-state index in [1.54, 1.807) is 18.2 Å². The topological polar surface area (TPSA) is 75.3 Å². The van der Waals surface area contributed by atoms with Crippen molar-refractivity contribution in [3.63, 3.8) is 0 Å².